The maximum atomic E-state index is 13.8. The fourth-order valence-corrected chi connectivity index (χ4v) is 7.03. The first kappa shape index (κ1) is 38.2. The molecule has 0 aromatic heterocycles. The number of nitrogens with zero attached hydrogens (tertiary/aromatic N) is 2. The molecule has 5 N–H and O–H groups in total. The standard InChI is InChI=1S/C30H58N2O11/c1-12-22-30(8,38)25(35)20(6)32(11,40)15-16(2)14-29(7,37)26(18(4)23(33)19(5)27(36)42-22)43-28-24(34)21(31(9,10)39)13-17(3)41-28/h16-26,28,33-35,37-38H,12-15H2,1-11H3/t16-,17-,18+,19-,20+,21+,22+,23+,24-,25-,26-,28+,29-,30-,32?/m1/s1. The number of carbonyl (C=O) groups excluding carboxylic acids is 1. The number of likely N-dealkylation sites (N-methyl/N-ethyl adjacent to an activating group) is 2. The van der Waals surface area contributed by atoms with Gasteiger partial charge in [0.2, 0.25) is 0 Å². The maximum absolute atomic E-state index is 13.8. The van der Waals surface area contributed by atoms with E-state index in [9.17, 15) is 40.7 Å². The van der Waals surface area contributed by atoms with Crippen molar-refractivity contribution in [2.24, 2.45) is 17.8 Å². The Bertz CT molecular complexity index is 924. The highest BCUT2D eigenvalue weighted by atomic mass is 16.7. The number of hydroxylamine groups is 6. The molecular formula is C30H58N2O11. The molecular weight excluding hydrogens is 564 g/mol. The van der Waals surface area contributed by atoms with Crippen molar-refractivity contribution in [3.8, 4) is 0 Å². The van der Waals surface area contributed by atoms with Crippen molar-refractivity contribution in [1.82, 2.24) is 0 Å². The topological polar surface area (TPSA) is 192 Å². The SMILES string of the molecule is CC[C@@H]1OC(=O)[C@H](C)[C@@H](O)[C@H](C)[C@@H](O[C@@H]2O[C@H](C)C[C@H]([N+](C)(C)[O-])[C@H]2O)[C@](C)(O)C[C@@H](C)C[N+](C)([O-])[C@@H](C)[C@@H](O)[C@]1(C)O. The van der Waals surface area contributed by atoms with Gasteiger partial charge in [-0.05, 0) is 47.5 Å². The number of quaternary nitrogens is 2. The Morgan fingerprint density at radius 2 is 1.63 bits per heavy atom. The number of carbonyl (C=O) groups is 1. The molecule has 2 aliphatic rings. The Labute approximate surface area is 256 Å². The molecule has 2 rings (SSSR count). The Morgan fingerprint density at radius 3 is 2.14 bits per heavy atom. The van der Waals surface area contributed by atoms with E-state index in [4.69, 9.17) is 14.2 Å². The molecule has 0 aliphatic carbocycles. The summed E-state index contributed by atoms with van der Waals surface area (Å²) < 4.78 is 16.1. The van der Waals surface area contributed by atoms with E-state index in [1.807, 2.05) is 0 Å². The number of aliphatic hydroxyl groups excluding tert-OH is 3. The summed E-state index contributed by atoms with van der Waals surface area (Å²) in [5.74, 6) is -3.38. The second kappa shape index (κ2) is 13.8. The summed E-state index contributed by atoms with van der Waals surface area (Å²) in [5.41, 5.74) is -3.69. The summed E-state index contributed by atoms with van der Waals surface area (Å²) in [6.07, 6.45) is -8.09. The van der Waals surface area contributed by atoms with Crippen LogP contribution in [-0.4, -0.2) is 135 Å². The molecule has 13 nitrogen and oxygen atoms in total. The lowest BCUT2D eigenvalue weighted by molar-refractivity contribution is -0.892. The third-order valence-corrected chi connectivity index (χ3v) is 9.84. The van der Waals surface area contributed by atoms with Gasteiger partial charge in [-0.1, -0.05) is 20.8 Å². The molecule has 0 spiro atoms. The van der Waals surface area contributed by atoms with Gasteiger partial charge in [-0.2, -0.15) is 0 Å². The molecule has 0 aromatic carbocycles. The maximum Gasteiger partial charge on any atom is 0.311 e. The van der Waals surface area contributed by atoms with Gasteiger partial charge in [-0.25, -0.2) is 0 Å². The van der Waals surface area contributed by atoms with Crippen molar-refractivity contribution in [3.05, 3.63) is 10.4 Å². The van der Waals surface area contributed by atoms with Crippen LogP contribution in [0.5, 0.6) is 0 Å². The van der Waals surface area contributed by atoms with E-state index in [1.54, 1.807) is 27.7 Å². The van der Waals surface area contributed by atoms with Crippen LogP contribution < -0.4 is 0 Å². The van der Waals surface area contributed by atoms with Crippen molar-refractivity contribution >= 4 is 5.97 Å². The van der Waals surface area contributed by atoms with Crippen LogP contribution >= 0.6 is 0 Å². The monoisotopic (exact) mass is 622 g/mol. The molecule has 15 atom stereocenters. The zero-order valence-electron chi connectivity index (χ0n) is 27.8. The zero-order valence-corrected chi connectivity index (χ0v) is 27.8. The molecule has 1 unspecified atom stereocenters. The minimum absolute atomic E-state index is 0.00529. The van der Waals surface area contributed by atoms with E-state index < -0.39 is 99.2 Å². The molecule has 43 heavy (non-hydrogen) atoms. The average molecular weight is 623 g/mol. The van der Waals surface area contributed by atoms with Crippen LogP contribution in [0.25, 0.3) is 0 Å². The second-order valence-corrected chi connectivity index (χ2v) is 14.5. The lowest BCUT2D eigenvalue weighted by Crippen LogP contribution is -2.63. The van der Waals surface area contributed by atoms with Gasteiger partial charge in [0.25, 0.3) is 0 Å². The van der Waals surface area contributed by atoms with E-state index in [0.717, 1.165) is 0 Å². The second-order valence-electron chi connectivity index (χ2n) is 14.5. The van der Waals surface area contributed by atoms with E-state index in [2.05, 4.69) is 0 Å². The van der Waals surface area contributed by atoms with Crippen LogP contribution in [0.1, 0.15) is 74.7 Å². The van der Waals surface area contributed by atoms with E-state index in [-0.39, 0.29) is 25.8 Å². The highest BCUT2D eigenvalue weighted by molar-refractivity contribution is 5.73. The molecule has 0 radical (unpaired) electrons. The van der Waals surface area contributed by atoms with Crippen LogP contribution in [-0.2, 0) is 19.0 Å². The van der Waals surface area contributed by atoms with E-state index in [1.165, 1.54) is 48.8 Å². The Balaban J connectivity index is 2.59. The number of ether oxygens (including phenoxy) is 3. The van der Waals surface area contributed by atoms with Crippen molar-refractivity contribution in [3.63, 3.8) is 0 Å². The van der Waals surface area contributed by atoms with Gasteiger partial charge in [-0.3, -0.25) is 4.79 Å². The molecule has 2 saturated heterocycles. The highest BCUT2D eigenvalue weighted by Crippen LogP contribution is 2.37. The summed E-state index contributed by atoms with van der Waals surface area (Å²) in [6, 6.07) is -1.81. The van der Waals surface area contributed by atoms with Crippen LogP contribution in [0.2, 0.25) is 0 Å². The first-order chi connectivity index (χ1) is 19.4. The fourth-order valence-electron chi connectivity index (χ4n) is 7.03. The van der Waals surface area contributed by atoms with Crippen LogP contribution in [0.4, 0.5) is 0 Å². The summed E-state index contributed by atoms with van der Waals surface area (Å²) in [4.78, 5) is 13.3. The first-order valence-corrected chi connectivity index (χ1v) is 15.5. The predicted octanol–water partition coefficient (Wildman–Crippen LogP) is 1.00. The van der Waals surface area contributed by atoms with Gasteiger partial charge < -0.3 is 59.5 Å². The molecule has 2 aliphatic heterocycles. The molecule has 0 aromatic rings. The first-order valence-electron chi connectivity index (χ1n) is 15.5. The van der Waals surface area contributed by atoms with E-state index >= 15 is 0 Å². The zero-order chi connectivity index (χ0) is 33.5. The Hall–Kier alpha value is -0.970. The lowest BCUT2D eigenvalue weighted by atomic mass is 9.78. The Kier molecular flexibility index (Phi) is 12.3. The van der Waals surface area contributed by atoms with Crippen LogP contribution in [0, 0.1) is 28.2 Å². The smallest absolute Gasteiger partial charge is 0.311 e. The van der Waals surface area contributed by atoms with Crippen molar-refractivity contribution in [1.29, 1.82) is 0 Å². The highest BCUT2D eigenvalue weighted by Gasteiger charge is 2.52. The van der Waals surface area contributed by atoms with Gasteiger partial charge in [0.1, 0.15) is 29.9 Å². The number of cyclic esters (lactones) is 1. The average Bonchev–Trinajstić information content (AvgIpc) is 2.87. The number of hydrogen-bond donors (Lipinski definition) is 5. The molecule has 0 saturated carbocycles. The third-order valence-electron chi connectivity index (χ3n) is 9.84. The largest absolute Gasteiger partial charge is 0.633 e. The number of aliphatic hydroxyl groups is 5. The van der Waals surface area contributed by atoms with Crippen molar-refractivity contribution < 1.29 is 53.8 Å². The van der Waals surface area contributed by atoms with Gasteiger partial charge in [0.05, 0.1) is 57.5 Å². The third kappa shape index (κ3) is 8.64. The lowest BCUT2D eigenvalue weighted by Gasteiger charge is -2.51. The minimum Gasteiger partial charge on any atom is -0.633 e. The molecule has 13 heteroatoms. The molecule has 0 amide bonds. The summed E-state index contributed by atoms with van der Waals surface area (Å²) in [7, 11) is 4.21. The predicted molar refractivity (Wildman–Crippen MR) is 159 cm³/mol. The summed E-state index contributed by atoms with van der Waals surface area (Å²) >= 11 is 0. The number of rotatable bonds is 4. The van der Waals surface area contributed by atoms with Gasteiger partial charge in [-0.15, -0.1) is 0 Å². The van der Waals surface area contributed by atoms with Crippen LogP contribution in [0.15, 0.2) is 0 Å². The molecule has 0 bridgehead atoms. The van der Waals surface area contributed by atoms with Crippen LogP contribution in [0.3, 0.4) is 0 Å². The van der Waals surface area contributed by atoms with Gasteiger partial charge in [0.15, 0.2) is 12.4 Å². The molecule has 2 heterocycles. The van der Waals surface area contributed by atoms with Crippen molar-refractivity contribution in [2.75, 3.05) is 27.7 Å². The fraction of sp³-hybridized carbons (Fsp3) is 0.967. The minimum atomic E-state index is -1.97. The van der Waals surface area contributed by atoms with Gasteiger partial charge in [0, 0.05) is 18.3 Å². The molecule has 2 fully saturated rings. The summed E-state index contributed by atoms with van der Waals surface area (Å²) in [6.45, 7) is 12.5. The normalized spacial score (nSPS) is 50.0. The molecule has 254 valence electrons. The van der Waals surface area contributed by atoms with Gasteiger partial charge >= 0.3 is 5.97 Å². The Morgan fingerprint density at radius 1 is 1.07 bits per heavy atom. The van der Waals surface area contributed by atoms with E-state index in [0.29, 0.717) is 0 Å². The van der Waals surface area contributed by atoms with Crippen molar-refractivity contribution in [2.45, 2.75) is 141 Å². The number of esters is 1. The quantitative estimate of drug-likeness (QED) is 0.130. The number of hydrogen-bond acceptors (Lipinski definition) is 11. The summed E-state index contributed by atoms with van der Waals surface area (Å²) in [5, 5.41) is 83.6.